The largest absolute Gasteiger partial charge is 0.495 e. The Morgan fingerprint density at radius 2 is 1.76 bits per heavy atom. The molecule has 1 heterocycles. The van der Waals surface area contributed by atoms with E-state index >= 15 is 0 Å². The average Bonchev–Trinajstić information content (AvgIpc) is 2.83. The quantitative estimate of drug-likeness (QED) is 0.577. The number of amides is 2. The van der Waals surface area contributed by atoms with Crippen molar-refractivity contribution >= 4 is 27.5 Å². The average molecular weight is 490 g/mol. The van der Waals surface area contributed by atoms with E-state index in [1.165, 1.54) is 13.2 Å². The molecule has 0 spiro atoms. The molecular weight excluding hydrogens is 458 g/mol. The van der Waals surface area contributed by atoms with Crippen LogP contribution in [0.3, 0.4) is 0 Å². The number of anilines is 1. The van der Waals surface area contributed by atoms with Crippen LogP contribution in [0.4, 0.5) is 5.69 Å². The molecule has 0 saturated carbocycles. The standard InChI is InChI=1S/C24H31N3O6S/c1-4-33-20-8-6-19(7-9-20)27(16-23(28)26-13-11-18(12-14-26)24(25)29)34(30,31)22-15-17(2)5-10-21(22)32-3/h5-10,15,18H,4,11-14,16H2,1-3H3,(H2,25,29). The van der Waals surface area contributed by atoms with Gasteiger partial charge in [-0.15, -0.1) is 0 Å². The van der Waals surface area contributed by atoms with Crippen molar-refractivity contribution in [1.29, 1.82) is 0 Å². The predicted octanol–water partition coefficient (Wildman–Crippen LogP) is 2.32. The summed E-state index contributed by atoms with van der Waals surface area (Å²) in [6.07, 6.45) is 0.922. The fourth-order valence-electron chi connectivity index (χ4n) is 3.93. The first kappa shape index (κ1) is 25.4. The Kier molecular flexibility index (Phi) is 8.03. The molecule has 0 atom stereocenters. The molecule has 1 saturated heterocycles. The molecule has 1 aliphatic rings. The summed E-state index contributed by atoms with van der Waals surface area (Å²) in [4.78, 5) is 26.2. The van der Waals surface area contributed by atoms with Crippen molar-refractivity contribution in [2.45, 2.75) is 31.6 Å². The van der Waals surface area contributed by atoms with Crippen LogP contribution in [0.15, 0.2) is 47.4 Å². The molecular formula is C24H31N3O6S. The van der Waals surface area contributed by atoms with Crippen LogP contribution < -0.4 is 19.5 Å². The van der Waals surface area contributed by atoms with Crippen LogP contribution in [0, 0.1) is 12.8 Å². The van der Waals surface area contributed by atoms with E-state index in [1.807, 2.05) is 6.92 Å². The van der Waals surface area contributed by atoms with Crippen molar-refractivity contribution in [3.8, 4) is 11.5 Å². The maximum atomic E-state index is 13.8. The van der Waals surface area contributed by atoms with Crippen LogP contribution in [-0.4, -0.2) is 58.5 Å². The van der Waals surface area contributed by atoms with Crippen molar-refractivity contribution in [3.05, 3.63) is 48.0 Å². The number of nitrogens with two attached hydrogens (primary N) is 1. The molecule has 3 rings (SSSR count). The Hall–Kier alpha value is -3.27. The monoisotopic (exact) mass is 489 g/mol. The van der Waals surface area contributed by atoms with Crippen LogP contribution in [0.5, 0.6) is 11.5 Å². The van der Waals surface area contributed by atoms with Crippen LogP contribution in [0.1, 0.15) is 25.3 Å². The van der Waals surface area contributed by atoms with Crippen molar-refractivity contribution in [2.24, 2.45) is 11.7 Å². The van der Waals surface area contributed by atoms with Gasteiger partial charge < -0.3 is 20.1 Å². The van der Waals surface area contributed by atoms with Crippen molar-refractivity contribution in [2.75, 3.05) is 37.7 Å². The molecule has 0 aromatic heterocycles. The van der Waals surface area contributed by atoms with Crippen molar-refractivity contribution < 1.29 is 27.5 Å². The highest BCUT2D eigenvalue weighted by atomic mass is 32.2. The van der Waals surface area contributed by atoms with Crippen LogP contribution in [-0.2, 0) is 19.6 Å². The number of piperidine rings is 1. The van der Waals surface area contributed by atoms with E-state index in [-0.39, 0.29) is 28.4 Å². The highest BCUT2D eigenvalue weighted by molar-refractivity contribution is 7.93. The topological polar surface area (TPSA) is 119 Å². The molecule has 2 N–H and O–H groups in total. The first-order chi connectivity index (χ1) is 16.2. The number of aryl methyl sites for hydroxylation is 1. The summed E-state index contributed by atoms with van der Waals surface area (Å²) in [5, 5.41) is 0. The third-order valence-corrected chi connectivity index (χ3v) is 7.65. The van der Waals surface area contributed by atoms with E-state index in [2.05, 4.69) is 0 Å². The number of benzene rings is 2. The van der Waals surface area contributed by atoms with Gasteiger partial charge in [0.1, 0.15) is 22.9 Å². The van der Waals surface area contributed by atoms with Gasteiger partial charge in [0.05, 0.1) is 19.4 Å². The zero-order valence-corrected chi connectivity index (χ0v) is 20.5. The minimum atomic E-state index is -4.16. The summed E-state index contributed by atoms with van der Waals surface area (Å²) in [5.41, 5.74) is 6.46. The lowest BCUT2D eigenvalue weighted by atomic mass is 9.96. The molecule has 0 bridgehead atoms. The second-order valence-electron chi connectivity index (χ2n) is 8.15. The van der Waals surface area contributed by atoms with E-state index in [1.54, 1.807) is 48.2 Å². The van der Waals surface area contributed by atoms with Crippen LogP contribution in [0.25, 0.3) is 0 Å². The summed E-state index contributed by atoms with van der Waals surface area (Å²) in [7, 11) is -2.75. The zero-order chi connectivity index (χ0) is 24.9. The van der Waals surface area contributed by atoms with Crippen LogP contribution >= 0.6 is 0 Å². The third-order valence-electron chi connectivity index (χ3n) is 5.85. The molecule has 2 amide bonds. The molecule has 34 heavy (non-hydrogen) atoms. The Bertz CT molecular complexity index is 1130. The highest BCUT2D eigenvalue weighted by Crippen LogP contribution is 2.32. The summed E-state index contributed by atoms with van der Waals surface area (Å²) in [5.74, 6) is -0.219. The second kappa shape index (κ2) is 10.8. The third kappa shape index (κ3) is 5.61. The van der Waals surface area contributed by atoms with Gasteiger partial charge in [0.15, 0.2) is 0 Å². The minimum Gasteiger partial charge on any atom is -0.495 e. The number of primary amides is 1. The second-order valence-corrected chi connectivity index (χ2v) is 9.98. The van der Waals surface area contributed by atoms with Gasteiger partial charge in [0.25, 0.3) is 10.0 Å². The van der Waals surface area contributed by atoms with Gasteiger partial charge in [0.2, 0.25) is 11.8 Å². The number of hydrogen-bond donors (Lipinski definition) is 1. The van der Waals surface area contributed by atoms with Gasteiger partial charge in [0, 0.05) is 19.0 Å². The van der Waals surface area contributed by atoms with Gasteiger partial charge in [-0.25, -0.2) is 8.42 Å². The molecule has 9 nitrogen and oxygen atoms in total. The van der Waals surface area contributed by atoms with Gasteiger partial charge >= 0.3 is 0 Å². The Labute approximate surface area is 200 Å². The van der Waals surface area contributed by atoms with Gasteiger partial charge in [-0.1, -0.05) is 6.07 Å². The maximum absolute atomic E-state index is 13.8. The number of carbonyl (C=O) groups excluding carboxylic acids is 2. The number of sulfonamides is 1. The predicted molar refractivity (Wildman–Crippen MR) is 128 cm³/mol. The molecule has 2 aromatic carbocycles. The van der Waals surface area contributed by atoms with Gasteiger partial charge in [-0.2, -0.15) is 0 Å². The Balaban J connectivity index is 1.95. The number of methoxy groups -OCH3 is 1. The number of ether oxygens (including phenoxy) is 2. The summed E-state index contributed by atoms with van der Waals surface area (Å²) >= 11 is 0. The zero-order valence-electron chi connectivity index (χ0n) is 19.7. The lowest BCUT2D eigenvalue weighted by Gasteiger charge is -2.33. The van der Waals surface area contributed by atoms with Crippen molar-refractivity contribution in [3.63, 3.8) is 0 Å². The molecule has 2 aromatic rings. The van der Waals surface area contributed by atoms with Crippen LogP contribution in [0.2, 0.25) is 0 Å². The maximum Gasteiger partial charge on any atom is 0.268 e. The molecule has 1 aliphatic heterocycles. The van der Waals surface area contributed by atoms with E-state index in [0.717, 1.165) is 9.87 Å². The summed E-state index contributed by atoms with van der Waals surface area (Å²) in [6, 6.07) is 11.4. The SMILES string of the molecule is CCOc1ccc(N(CC(=O)N2CCC(C(N)=O)CC2)S(=O)(=O)c2cc(C)ccc2OC)cc1. The Morgan fingerprint density at radius 3 is 2.32 bits per heavy atom. The molecule has 10 heteroatoms. The number of carbonyl (C=O) groups is 2. The number of nitrogens with zero attached hydrogens (tertiary/aromatic N) is 2. The lowest BCUT2D eigenvalue weighted by Crippen LogP contribution is -2.47. The lowest BCUT2D eigenvalue weighted by molar-refractivity contribution is -0.133. The number of hydrogen-bond acceptors (Lipinski definition) is 6. The fraction of sp³-hybridized carbons (Fsp3) is 0.417. The molecule has 0 aliphatic carbocycles. The molecule has 1 fully saturated rings. The van der Waals surface area contributed by atoms with Gasteiger partial charge in [-0.3, -0.25) is 13.9 Å². The molecule has 184 valence electrons. The van der Waals surface area contributed by atoms with E-state index in [0.29, 0.717) is 44.0 Å². The van der Waals surface area contributed by atoms with Crippen molar-refractivity contribution in [1.82, 2.24) is 4.90 Å². The first-order valence-electron chi connectivity index (χ1n) is 11.1. The van der Waals surface area contributed by atoms with E-state index in [4.69, 9.17) is 15.2 Å². The normalized spacial score (nSPS) is 14.5. The molecule has 0 unspecified atom stereocenters. The minimum absolute atomic E-state index is 0.0240. The fourth-order valence-corrected chi connectivity index (χ4v) is 5.59. The van der Waals surface area contributed by atoms with Gasteiger partial charge in [-0.05, 0) is 68.7 Å². The highest BCUT2D eigenvalue weighted by Gasteiger charge is 2.33. The number of likely N-dealkylation sites (tertiary alicyclic amines) is 1. The Morgan fingerprint density at radius 1 is 1.12 bits per heavy atom. The first-order valence-corrected chi connectivity index (χ1v) is 12.6. The number of rotatable bonds is 9. The summed E-state index contributed by atoms with van der Waals surface area (Å²) in [6.45, 7) is 4.41. The van der Waals surface area contributed by atoms with E-state index in [9.17, 15) is 18.0 Å². The molecule has 0 radical (unpaired) electrons. The summed E-state index contributed by atoms with van der Waals surface area (Å²) < 4.78 is 39.5. The smallest absolute Gasteiger partial charge is 0.268 e. The van der Waals surface area contributed by atoms with E-state index < -0.39 is 16.6 Å².